The van der Waals surface area contributed by atoms with E-state index in [0.717, 1.165) is 22.3 Å². The van der Waals surface area contributed by atoms with Gasteiger partial charge in [0.2, 0.25) is 0 Å². The molecule has 2 aromatic carbocycles. The maximum Gasteiger partial charge on any atom is 0.0722 e. The lowest BCUT2D eigenvalue weighted by Crippen LogP contribution is -2.27. The van der Waals surface area contributed by atoms with Crippen LogP contribution >= 0.6 is 0 Å². The maximum absolute atomic E-state index is 9.95. The number of hydrogen-bond donors (Lipinski definition) is 1. The molecule has 1 atom stereocenters. The highest BCUT2D eigenvalue weighted by Crippen LogP contribution is 2.33. The molecule has 1 heterocycles. The fourth-order valence-electron chi connectivity index (χ4n) is 2.77. The average Bonchev–Trinajstić information content (AvgIpc) is 2.53. The van der Waals surface area contributed by atoms with Crippen LogP contribution in [0.1, 0.15) is 12.5 Å². The zero-order valence-corrected chi connectivity index (χ0v) is 12.9. The van der Waals surface area contributed by atoms with Gasteiger partial charge in [0.25, 0.3) is 0 Å². The van der Waals surface area contributed by atoms with Crippen molar-refractivity contribution >= 4 is 22.3 Å². The summed E-state index contributed by atoms with van der Waals surface area (Å²) in [4.78, 5) is 6.60. The molecule has 0 fully saturated rings. The van der Waals surface area contributed by atoms with E-state index in [-0.39, 0.29) is 0 Å². The highest BCUT2D eigenvalue weighted by molar-refractivity contribution is 5.93. The Bertz CT molecular complexity index is 778. The molecule has 1 aromatic heterocycles. The summed E-state index contributed by atoms with van der Waals surface area (Å²) in [5.41, 5.74) is 4.33. The van der Waals surface area contributed by atoms with Gasteiger partial charge in [-0.3, -0.25) is 4.98 Å². The second kappa shape index (κ2) is 6.16. The highest BCUT2D eigenvalue weighted by atomic mass is 16.3. The minimum atomic E-state index is -0.425. The Morgan fingerprint density at radius 1 is 1.00 bits per heavy atom. The number of hydrogen-bond acceptors (Lipinski definition) is 3. The minimum absolute atomic E-state index is 0.425. The number of para-hydroxylation sites is 2. The zero-order valence-electron chi connectivity index (χ0n) is 12.9. The normalized spacial score (nSPS) is 12.3. The van der Waals surface area contributed by atoms with Crippen molar-refractivity contribution in [1.29, 1.82) is 0 Å². The summed E-state index contributed by atoms with van der Waals surface area (Å²) in [5.74, 6) is 0. The molecule has 3 rings (SSSR count). The first-order chi connectivity index (χ1) is 10.7. The van der Waals surface area contributed by atoms with Crippen LogP contribution in [0.5, 0.6) is 0 Å². The van der Waals surface area contributed by atoms with E-state index >= 15 is 0 Å². The first-order valence-electron chi connectivity index (χ1n) is 7.52. The van der Waals surface area contributed by atoms with Crippen molar-refractivity contribution < 1.29 is 5.11 Å². The lowest BCUT2D eigenvalue weighted by Gasteiger charge is -2.28. The third-order valence-electron chi connectivity index (χ3n) is 3.77. The summed E-state index contributed by atoms with van der Waals surface area (Å²) in [5, 5.41) is 11.0. The van der Waals surface area contributed by atoms with E-state index in [4.69, 9.17) is 0 Å². The van der Waals surface area contributed by atoms with Crippen molar-refractivity contribution in [3.63, 3.8) is 0 Å². The molecule has 0 radical (unpaired) electrons. The van der Waals surface area contributed by atoms with Crippen LogP contribution in [-0.4, -0.2) is 22.7 Å². The van der Waals surface area contributed by atoms with Crippen molar-refractivity contribution in [2.24, 2.45) is 0 Å². The van der Waals surface area contributed by atoms with Gasteiger partial charge in [-0.2, -0.15) is 0 Å². The second-order valence-corrected chi connectivity index (χ2v) is 5.59. The molecule has 3 heteroatoms. The number of aryl methyl sites for hydroxylation is 1. The molecule has 3 nitrogen and oxygen atoms in total. The van der Waals surface area contributed by atoms with Crippen LogP contribution < -0.4 is 4.90 Å². The van der Waals surface area contributed by atoms with E-state index in [1.807, 2.05) is 49.5 Å². The molecule has 0 amide bonds. The zero-order chi connectivity index (χ0) is 15.5. The van der Waals surface area contributed by atoms with Crippen LogP contribution in [0.15, 0.2) is 60.8 Å². The Kier molecular flexibility index (Phi) is 4.07. The van der Waals surface area contributed by atoms with Crippen LogP contribution in [0.4, 0.5) is 11.4 Å². The molecule has 22 heavy (non-hydrogen) atoms. The third-order valence-corrected chi connectivity index (χ3v) is 3.77. The first-order valence-corrected chi connectivity index (χ1v) is 7.52. The van der Waals surface area contributed by atoms with E-state index in [2.05, 4.69) is 35.0 Å². The molecule has 0 bridgehead atoms. The molecular weight excluding hydrogens is 272 g/mol. The Hall–Kier alpha value is -2.39. The summed E-state index contributed by atoms with van der Waals surface area (Å²) >= 11 is 0. The van der Waals surface area contributed by atoms with Gasteiger partial charge >= 0.3 is 0 Å². The van der Waals surface area contributed by atoms with E-state index in [0.29, 0.717) is 6.54 Å². The van der Waals surface area contributed by atoms with Gasteiger partial charge in [0, 0.05) is 23.8 Å². The molecular formula is C19H20N2O. The Labute approximate surface area is 130 Å². The van der Waals surface area contributed by atoms with Crippen LogP contribution in [0.25, 0.3) is 10.9 Å². The summed E-state index contributed by atoms with van der Waals surface area (Å²) in [6.45, 7) is 4.45. The van der Waals surface area contributed by atoms with Crippen molar-refractivity contribution in [1.82, 2.24) is 4.98 Å². The SMILES string of the molecule is Cc1ccccc1N(CC(C)O)c1ccnc2ccccc12. The predicted molar refractivity (Wildman–Crippen MR) is 91.6 cm³/mol. The molecule has 3 aromatic rings. The van der Waals surface area contributed by atoms with Crippen LogP contribution in [0.2, 0.25) is 0 Å². The molecule has 1 N–H and O–H groups in total. The molecule has 0 spiro atoms. The molecule has 0 saturated heterocycles. The van der Waals surface area contributed by atoms with E-state index < -0.39 is 6.10 Å². The second-order valence-electron chi connectivity index (χ2n) is 5.59. The molecule has 112 valence electrons. The lowest BCUT2D eigenvalue weighted by atomic mass is 10.1. The number of rotatable bonds is 4. The molecule has 0 aliphatic rings. The topological polar surface area (TPSA) is 36.4 Å². The minimum Gasteiger partial charge on any atom is -0.392 e. The van der Waals surface area contributed by atoms with Crippen LogP contribution in [0, 0.1) is 6.92 Å². The van der Waals surface area contributed by atoms with Gasteiger partial charge in [-0.05, 0) is 37.6 Å². The Balaban J connectivity index is 2.19. The predicted octanol–water partition coefficient (Wildman–Crippen LogP) is 4.06. The average molecular weight is 292 g/mol. The number of aliphatic hydroxyl groups is 1. The quantitative estimate of drug-likeness (QED) is 0.787. The van der Waals surface area contributed by atoms with E-state index in [1.54, 1.807) is 0 Å². The molecule has 0 saturated carbocycles. The largest absolute Gasteiger partial charge is 0.392 e. The maximum atomic E-state index is 9.95. The number of fused-ring (bicyclic) bond motifs is 1. The summed E-state index contributed by atoms with van der Waals surface area (Å²) < 4.78 is 0. The standard InChI is InChI=1S/C19H20N2O/c1-14-7-3-6-10-18(14)21(13-15(2)22)19-11-12-20-17-9-5-4-8-16(17)19/h3-12,15,22H,13H2,1-2H3. The number of aromatic nitrogens is 1. The fraction of sp³-hybridized carbons (Fsp3) is 0.211. The highest BCUT2D eigenvalue weighted by Gasteiger charge is 2.16. The van der Waals surface area contributed by atoms with Crippen LogP contribution in [-0.2, 0) is 0 Å². The van der Waals surface area contributed by atoms with Crippen molar-refractivity contribution in [3.05, 3.63) is 66.4 Å². The van der Waals surface area contributed by atoms with Crippen molar-refractivity contribution in [2.45, 2.75) is 20.0 Å². The summed E-state index contributed by atoms with van der Waals surface area (Å²) in [6.07, 6.45) is 1.40. The smallest absolute Gasteiger partial charge is 0.0722 e. The van der Waals surface area contributed by atoms with Gasteiger partial charge in [0.1, 0.15) is 0 Å². The van der Waals surface area contributed by atoms with Gasteiger partial charge < -0.3 is 10.0 Å². The van der Waals surface area contributed by atoms with Crippen LogP contribution in [0.3, 0.4) is 0 Å². The number of anilines is 2. The number of benzene rings is 2. The van der Waals surface area contributed by atoms with Gasteiger partial charge in [-0.25, -0.2) is 0 Å². The molecule has 0 aliphatic carbocycles. The van der Waals surface area contributed by atoms with Gasteiger partial charge in [-0.1, -0.05) is 36.4 Å². The monoisotopic (exact) mass is 292 g/mol. The van der Waals surface area contributed by atoms with Gasteiger partial charge in [-0.15, -0.1) is 0 Å². The summed E-state index contributed by atoms with van der Waals surface area (Å²) in [7, 11) is 0. The Morgan fingerprint density at radius 3 is 2.50 bits per heavy atom. The fourth-order valence-corrected chi connectivity index (χ4v) is 2.77. The van der Waals surface area contributed by atoms with Gasteiger partial charge in [0.15, 0.2) is 0 Å². The van der Waals surface area contributed by atoms with E-state index in [1.165, 1.54) is 5.56 Å². The lowest BCUT2D eigenvalue weighted by molar-refractivity contribution is 0.203. The molecule has 1 unspecified atom stereocenters. The number of pyridine rings is 1. The molecule has 0 aliphatic heterocycles. The van der Waals surface area contributed by atoms with Crippen molar-refractivity contribution in [3.8, 4) is 0 Å². The summed E-state index contributed by atoms with van der Waals surface area (Å²) in [6, 6.07) is 18.3. The third kappa shape index (κ3) is 2.81. The number of nitrogens with zero attached hydrogens (tertiary/aromatic N) is 2. The van der Waals surface area contributed by atoms with E-state index in [9.17, 15) is 5.11 Å². The first kappa shape index (κ1) is 14.5. The van der Waals surface area contributed by atoms with Gasteiger partial charge in [0.05, 0.1) is 17.3 Å². The Morgan fingerprint density at radius 2 is 1.73 bits per heavy atom. The van der Waals surface area contributed by atoms with Crippen molar-refractivity contribution in [2.75, 3.05) is 11.4 Å². The number of aliphatic hydroxyl groups excluding tert-OH is 1.